The fourth-order valence-corrected chi connectivity index (χ4v) is 5.01. The Morgan fingerprint density at radius 2 is 1.54 bits per heavy atom. The van der Waals surface area contributed by atoms with E-state index in [-0.39, 0.29) is 54.5 Å². The smallest absolute Gasteiger partial charge is 0.407 e. The van der Waals surface area contributed by atoms with Crippen LogP contribution < -0.4 is 16.2 Å². The number of benzene rings is 2. The van der Waals surface area contributed by atoms with Gasteiger partial charge in [-0.1, -0.05) is 62.4 Å². The van der Waals surface area contributed by atoms with Crippen LogP contribution in [0.2, 0.25) is 0 Å². The standard InChI is InChI=1S/C28H31N3O6/c1-16(25-23(32)12-28(2,3)13-24(25)33)31-29-14-22(26(34)35)30-27(36)37-15-21-19-10-6-4-8-17(19)18-9-5-7-11-20(18)21/h4-11,21-22,29,31H,12-15H2,1-3H3,(H,30,36)(H,34,35)/t22-/m0/s1. The van der Waals surface area contributed by atoms with Crippen LogP contribution in [-0.2, 0) is 19.1 Å². The van der Waals surface area contributed by atoms with Crippen LogP contribution >= 0.6 is 0 Å². The number of carbonyl (C=O) groups is 4. The Labute approximate surface area is 215 Å². The van der Waals surface area contributed by atoms with Gasteiger partial charge in [0.1, 0.15) is 12.6 Å². The van der Waals surface area contributed by atoms with Crippen LogP contribution in [0.15, 0.2) is 59.8 Å². The number of rotatable bonds is 8. The molecule has 0 saturated heterocycles. The van der Waals surface area contributed by atoms with E-state index in [4.69, 9.17) is 4.74 Å². The molecule has 1 fully saturated rings. The van der Waals surface area contributed by atoms with Crippen molar-refractivity contribution in [3.05, 3.63) is 70.9 Å². The number of nitrogens with one attached hydrogen (secondary N) is 3. The van der Waals surface area contributed by atoms with Gasteiger partial charge in [0.2, 0.25) is 0 Å². The van der Waals surface area contributed by atoms with Gasteiger partial charge in [-0.2, -0.15) is 0 Å². The number of hydrogen-bond acceptors (Lipinski definition) is 7. The monoisotopic (exact) mass is 505 g/mol. The highest BCUT2D eigenvalue weighted by Gasteiger charge is 2.37. The lowest BCUT2D eigenvalue weighted by atomic mass is 9.73. The van der Waals surface area contributed by atoms with E-state index in [2.05, 4.69) is 16.2 Å². The molecule has 0 heterocycles. The minimum Gasteiger partial charge on any atom is -0.480 e. The summed E-state index contributed by atoms with van der Waals surface area (Å²) in [6.45, 7) is 5.16. The Bertz CT molecular complexity index is 1210. The van der Waals surface area contributed by atoms with Crippen LogP contribution in [0.25, 0.3) is 11.1 Å². The Morgan fingerprint density at radius 1 is 1.00 bits per heavy atom. The summed E-state index contributed by atoms with van der Waals surface area (Å²) in [5, 5.41) is 11.9. The van der Waals surface area contributed by atoms with E-state index in [1.54, 1.807) is 6.92 Å². The summed E-state index contributed by atoms with van der Waals surface area (Å²) in [4.78, 5) is 49.1. The Hall–Kier alpha value is -3.98. The zero-order chi connectivity index (χ0) is 26.7. The molecular formula is C28H31N3O6. The van der Waals surface area contributed by atoms with Crippen molar-refractivity contribution in [2.45, 2.75) is 45.6 Å². The maximum Gasteiger partial charge on any atom is 0.407 e. The average Bonchev–Trinajstić information content (AvgIpc) is 3.14. The van der Waals surface area contributed by atoms with Crippen LogP contribution in [0, 0.1) is 5.41 Å². The molecule has 1 amide bonds. The number of hydrogen-bond donors (Lipinski definition) is 4. The third-order valence-electron chi connectivity index (χ3n) is 6.73. The van der Waals surface area contributed by atoms with Gasteiger partial charge in [0, 0.05) is 31.0 Å². The van der Waals surface area contributed by atoms with Gasteiger partial charge in [0.25, 0.3) is 0 Å². The van der Waals surface area contributed by atoms with Crippen molar-refractivity contribution in [1.82, 2.24) is 16.2 Å². The number of alkyl carbamates (subject to hydrolysis) is 1. The van der Waals surface area contributed by atoms with Crippen molar-refractivity contribution in [2.24, 2.45) is 5.41 Å². The molecule has 0 spiro atoms. The van der Waals surface area contributed by atoms with Gasteiger partial charge in [-0.25, -0.2) is 15.0 Å². The Morgan fingerprint density at radius 3 is 2.08 bits per heavy atom. The molecule has 9 heteroatoms. The molecule has 0 aliphatic heterocycles. The van der Waals surface area contributed by atoms with Crippen molar-refractivity contribution in [2.75, 3.05) is 13.2 Å². The summed E-state index contributed by atoms with van der Waals surface area (Å²) < 4.78 is 5.43. The molecule has 2 aromatic rings. The van der Waals surface area contributed by atoms with E-state index in [0.29, 0.717) is 5.70 Å². The summed E-state index contributed by atoms with van der Waals surface area (Å²) in [5.74, 6) is -1.91. The van der Waals surface area contributed by atoms with Crippen molar-refractivity contribution in [1.29, 1.82) is 0 Å². The van der Waals surface area contributed by atoms with Crippen LogP contribution in [0.5, 0.6) is 0 Å². The molecule has 0 radical (unpaired) electrons. The highest BCUT2D eigenvalue weighted by molar-refractivity contribution is 6.22. The maximum absolute atomic E-state index is 12.5. The number of Topliss-reactive ketones (excluding diaryl/α,β-unsaturated/α-hetero) is 2. The first-order valence-corrected chi connectivity index (χ1v) is 12.2. The van der Waals surface area contributed by atoms with Crippen molar-refractivity contribution in [3.8, 4) is 11.1 Å². The lowest BCUT2D eigenvalue weighted by Crippen LogP contribution is -2.50. The summed E-state index contributed by atoms with van der Waals surface area (Å²) in [6.07, 6.45) is -0.339. The van der Waals surface area contributed by atoms with Crippen molar-refractivity contribution >= 4 is 23.6 Å². The summed E-state index contributed by atoms with van der Waals surface area (Å²) in [5.41, 5.74) is 9.73. The zero-order valence-corrected chi connectivity index (χ0v) is 21.1. The Kier molecular flexibility index (Phi) is 7.45. The number of aliphatic carboxylic acids is 1. The molecular weight excluding hydrogens is 474 g/mol. The van der Waals surface area contributed by atoms with Gasteiger partial charge < -0.3 is 20.6 Å². The van der Waals surface area contributed by atoms with Crippen LogP contribution in [0.3, 0.4) is 0 Å². The molecule has 4 rings (SSSR count). The van der Waals surface area contributed by atoms with E-state index >= 15 is 0 Å². The van der Waals surface area contributed by atoms with Crippen LogP contribution in [0.4, 0.5) is 4.79 Å². The molecule has 1 atom stereocenters. The minimum absolute atomic E-state index is 0.0592. The largest absolute Gasteiger partial charge is 0.480 e. The number of carbonyl (C=O) groups excluding carboxylic acids is 3. The fraction of sp³-hybridized carbons (Fsp3) is 0.357. The highest BCUT2D eigenvalue weighted by Crippen LogP contribution is 2.44. The second-order valence-electron chi connectivity index (χ2n) is 10.2. The first-order chi connectivity index (χ1) is 17.6. The molecule has 2 aliphatic carbocycles. The van der Waals surface area contributed by atoms with Crippen molar-refractivity contribution in [3.63, 3.8) is 0 Å². The minimum atomic E-state index is -1.31. The van der Waals surface area contributed by atoms with E-state index in [1.165, 1.54) is 0 Å². The van der Waals surface area contributed by atoms with Gasteiger partial charge in [0.15, 0.2) is 11.6 Å². The molecule has 194 valence electrons. The number of ether oxygens (including phenoxy) is 1. The number of carboxylic acids is 1. The normalized spacial score (nSPS) is 17.0. The van der Waals surface area contributed by atoms with Crippen LogP contribution in [-0.4, -0.2) is 47.9 Å². The first kappa shape index (κ1) is 26.1. The third-order valence-corrected chi connectivity index (χ3v) is 6.73. The maximum atomic E-state index is 12.5. The van der Waals surface area contributed by atoms with Crippen molar-refractivity contribution < 1.29 is 29.0 Å². The quantitative estimate of drug-likeness (QED) is 0.244. The molecule has 2 aromatic carbocycles. The second kappa shape index (κ2) is 10.6. The molecule has 0 unspecified atom stereocenters. The predicted molar refractivity (Wildman–Crippen MR) is 136 cm³/mol. The fourth-order valence-electron chi connectivity index (χ4n) is 5.01. The number of fused-ring (bicyclic) bond motifs is 3. The number of allylic oxidation sites excluding steroid dienone is 2. The van der Waals surface area contributed by atoms with Gasteiger partial charge in [-0.05, 0) is 34.6 Å². The van der Waals surface area contributed by atoms with E-state index < -0.39 is 18.1 Å². The molecule has 9 nitrogen and oxygen atoms in total. The second-order valence-corrected chi connectivity index (χ2v) is 10.2. The molecule has 2 aliphatic rings. The topological polar surface area (TPSA) is 134 Å². The van der Waals surface area contributed by atoms with E-state index in [9.17, 15) is 24.3 Å². The molecule has 0 bridgehead atoms. The lowest BCUT2D eigenvalue weighted by Gasteiger charge is -2.29. The summed E-state index contributed by atoms with van der Waals surface area (Å²) in [6, 6.07) is 14.5. The Balaban J connectivity index is 1.33. The molecule has 4 N–H and O–H groups in total. The summed E-state index contributed by atoms with van der Waals surface area (Å²) >= 11 is 0. The average molecular weight is 506 g/mol. The zero-order valence-electron chi connectivity index (χ0n) is 21.1. The number of ketones is 2. The van der Waals surface area contributed by atoms with Gasteiger partial charge >= 0.3 is 12.1 Å². The predicted octanol–water partition coefficient (Wildman–Crippen LogP) is 3.30. The molecule has 37 heavy (non-hydrogen) atoms. The summed E-state index contributed by atoms with van der Waals surface area (Å²) in [7, 11) is 0. The first-order valence-electron chi connectivity index (χ1n) is 12.2. The van der Waals surface area contributed by atoms with Gasteiger partial charge in [-0.3, -0.25) is 9.59 Å². The molecule has 0 aromatic heterocycles. The SMILES string of the molecule is CC(NNC[C@H](NC(=O)OCC1c2ccccc2-c2ccccc21)C(=O)O)=C1C(=O)CC(C)(C)CC1=O. The van der Waals surface area contributed by atoms with Gasteiger partial charge in [-0.15, -0.1) is 0 Å². The third kappa shape index (κ3) is 5.72. The number of amides is 1. The molecule has 1 saturated carbocycles. The lowest BCUT2D eigenvalue weighted by molar-refractivity contribution is -0.139. The van der Waals surface area contributed by atoms with Crippen LogP contribution in [0.1, 0.15) is 50.7 Å². The number of carboxylic acid groups (broad SMARTS) is 1. The van der Waals surface area contributed by atoms with E-state index in [0.717, 1.165) is 22.3 Å². The highest BCUT2D eigenvalue weighted by atomic mass is 16.5. The van der Waals surface area contributed by atoms with E-state index in [1.807, 2.05) is 62.4 Å². The number of hydrazine groups is 1. The van der Waals surface area contributed by atoms with Gasteiger partial charge in [0.05, 0.1) is 5.57 Å².